The fourth-order valence-electron chi connectivity index (χ4n) is 1.60. The molecule has 0 spiro atoms. The second-order valence-electron chi connectivity index (χ2n) is 3.89. The molecule has 0 heterocycles. The molecule has 0 saturated heterocycles. The van der Waals surface area contributed by atoms with Crippen LogP contribution < -0.4 is 5.32 Å². The minimum Gasteiger partial charge on any atom is -0.316 e. The molecule has 0 atom stereocenters. The highest BCUT2D eigenvalue weighted by Gasteiger charge is 2.05. The van der Waals surface area contributed by atoms with Gasteiger partial charge in [0.15, 0.2) is 0 Å². The van der Waals surface area contributed by atoms with Crippen molar-refractivity contribution in [1.82, 2.24) is 5.32 Å². The summed E-state index contributed by atoms with van der Waals surface area (Å²) >= 11 is 0. The summed E-state index contributed by atoms with van der Waals surface area (Å²) in [5.41, 5.74) is 4.24. The molecule has 1 heteroatoms. The predicted molar refractivity (Wildman–Crippen MR) is 58.0 cm³/mol. The van der Waals surface area contributed by atoms with Crippen molar-refractivity contribution in [2.45, 2.75) is 33.2 Å². The molecule has 1 nitrogen and oxygen atoms in total. The summed E-state index contributed by atoms with van der Waals surface area (Å²) in [5, 5.41) is 3.20. The van der Waals surface area contributed by atoms with Crippen LogP contribution in [-0.4, -0.2) is 7.05 Å². The Morgan fingerprint density at radius 1 is 1.31 bits per heavy atom. The first-order valence-electron chi connectivity index (χ1n) is 4.89. The molecule has 0 aliphatic rings. The van der Waals surface area contributed by atoms with E-state index < -0.39 is 0 Å². The number of benzene rings is 1. The average molecular weight is 177 g/mol. The Bertz CT molecular complexity index is 276. The van der Waals surface area contributed by atoms with Crippen LogP contribution in [0.4, 0.5) is 0 Å². The Labute approximate surface area is 81.2 Å². The molecule has 0 saturated carbocycles. The van der Waals surface area contributed by atoms with Crippen molar-refractivity contribution in [3.8, 4) is 0 Å². The Morgan fingerprint density at radius 2 is 2.00 bits per heavy atom. The normalized spacial score (nSPS) is 10.8. The first-order valence-corrected chi connectivity index (χ1v) is 4.89. The van der Waals surface area contributed by atoms with Crippen LogP contribution in [0.15, 0.2) is 18.2 Å². The van der Waals surface area contributed by atoms with E-state index in [1.54, 1.807) is 0 Å². The zero-order valence-electron chi connectivity index (χ0n) is 9.02. The van der Waals surface area contributed by atoms with Gasteiger partial charge in [-0.25, -0.2) is 0 Å². The molecular weight excluding hydrogens is 158 g/mol. The number of hydrogen-bond donors (Lipinski definition) is 1. The van der Waals surface area contributed by atoms with Crippen molar-refractivity contribution in [1.29, 1.82) is 0 Å². The fourth-order valence-corrected chi connectivity index (χ4v) is 1.60. The summed E-state index contributed by atoms with van der Waals surface area (Å²) in [6.07, 6.45) is 0. The van der Waals surface area contributed by atoms with Crippen LogP contribution in [0.3, 0.4) is 0 Å². The van der Waals surface area contributed by atoms with Crippen LogP contribution in [-0.2, 0) is 6.54 Å². The maximum atomic E-state index is 3.20. The van der Waals surface area contributed by atoms with Crippen molar-refractivity contribution in [3.05, 3.63) is 34.9 Å². The minimum atomic E-state index is 0.614. The van der Waals surface area contributed by atoms with Crippen LogP contribution >= 0.6 is 0 Å². The third-order valence-corrected chi connectivity index (χ3v) is 2.29. The van der Waals surface area contributed by atoms with Gasteiger partial charge >= 0.3 is 0 Å². The highest BCUT2D eigenvalue weighted by molar-refractivity contribution is 5.33. The van der Waals surface area contributed by atoms with Crippen molar-refractivity contribution in [3.63, 3.8) is 0 Å². The maximum absolute atomic E-state index is 3.20. The van der Waals surface area contributed by atoms with Gasteiger partial charge in [0.1, 0.15) is 0 Å². The molecule has 1 rings (SSSR count). The number of hydrogen-bond acceptors (Lipinski definition) is 1. The smallest absolute Gasteiger partial charge is 0.0205 e. The predicted octanol–water partition coefficient (Wildman–Crippen LogP) is 2.84. The molecule has 0 aliphatic heterocycles. The Morgan fingerprint density at radius 3 is 2.54 bits per heavy atom. The number of nitrogens with one attached hydrogen (secondary N) is 1. The largest absolute Gasteiger partial charge is 0.316 e. The average Bonchev–Trinajstić information content (AvgIpc) is 2.08. The Balaban J connectivity index is 3.03. The lowest BCUT2D eigenvalue weighted by atomic mass is 9.95. The summed E-state index contributed by atoms with van der Waals surface area (Å²) < 4.78 is 0. The fraction of sp³-hybridized carbons (Fsp3) is 0.500. The molecule has 0 fully saturated rings. The minimum absolute atomic E-state index is 0.614. The van der Waals surface area contributed by atoms with E-state index >= 15 is 0 Å². The molecule has 0 bridgehead atoms. The second-order valence-corrected chi connectivity index (χ2v) is 3.89. The molecule has 1 aromatic rings. The highest BCUT2D eigenvalue weighted by atomic mass is 14.8. The van der Waals surface area contributed by atoms with E-state index in [9.17, 15) is 0 Å². The lowest BCUT2D eigenvalue weighted by Crippen LogP contribution is -2.08. The Kier molecular flexibility index (Phi) is 3.49. The zero-order valence-corrected chi connectivity index (χ0v) is 9.02. The van der Waals surface area contributed by atoms with Crippen molar-refractivity contribution >= 4 is 0 Å². The third-order valence-electron chi connectivity index (χ3n) is 2.29. The molecule has 13 heavy (non-hydrogen) atoms. The molecule has 1 N–H and O–H groups in total. The van der Waals surface area contributed by atoms with Crippen LogP contribution in [0.25, 0.3) is 0 Å². The van der Waals surface area contributed by atoms with E-state index in [-0.39, 0.29) is 0 Å². The van der Waals surface area contributed by atoms with E-state index in [2.05, 4.69) is 44.3 Å². The molecular formula is C12H19N. The first kappa shape index (κ1) is 10.3. The first-order chi connectivity index (χ1) is 6.15. The van der Waals surface area contributed by atoms with Gasteiger partial charge in [-0.2, -0.15) is 0 Å². The maximum Gasteiger partial charge on any atom is 0.0205 e. The van der Waals surface area contributed by atoms with Crippen LogP contribution in [0.2, 0.25) is 0 Å². The summed E-state index contributed by atoms with van der Waals surface area (Å²) in [7, 11) is 1.99. The van der Waals surface area contributed by atoms with Gasteiger partial charge < -0.3 is 5.32 Å². The molecule has 1 aromatic carbocycles. The van der Waals surface area contributed by atoms with Crippen LogP contribution in [0, 0.1) is 6.92 Å². The number of rotatable bonds is 3. The summed E-state index contributed by atoms with van der Waals surface area (Å²) in [5.74, 6) is 0.614. The van der Waals surface area contributed by atoms with Gasteiger partial charge in [-0.15, -0.1) is 0 Å². The molecule has 0 radical (unpaired) electrons. The van der Waals surface area contributed by atoms with E-state index in [0.29, 0.717) is 5.92 Å². The summed E-state index contributed by atoms with van der Waals surface area (Å²) in [4.78, 5) is 0. The van der Waals surface area contributed by atoms with Gasteiger partial charge in [-0.1, -0.05) is 37.6 Å². The molecule has 0 amide bonds. The van der Waals surface area contributed by atoms with E-state index in [1.165, 1.54) is 16.7 Å². The second kappa shape index (κ2) is 4.43. The lowest BCUT2D eigenvalue weighted by Gasteiger charge is -2.13. The van der Waals surface area contributed by atoms with Gasteiger partial charge in [0.25, 0.3) is 0 Å². The Hall–Kier alpha value is -0.820. The third kappa shape index (κ3) is 2.56. The standard InChI is InChI=1S/C12H19N/c1-9(2)12-7-10(3)5-6-11(12)8-13-4/h5-7,9,13H,8H2,1-4H3. The monoisotopic (exact) mass is 177 g/mol. The van der Waals surface area contributed by atoms with Crippen LogP contribution in [0.1, 0.15) is 36.5 Å². The highest BCUT2D eigenvalue weighted by Crippen LogP contribution is 2.20. The quantitative estimate of drug-likeness (QED) is 0.748. The van der Waals surface area contributed by atoms with Crippen LogP contribution in [0.5, 0.6) is 0 Å². The number of aryl methyl sites for hydroxylation is 1. The summed E-state index contributed by atoms with van der Waals surface area (Å²) in [6, 6.07) is 6.69. The van der Waals surface area contributed by atoms with Gasteiger partial charge in [-0.05, 0) is 31.0 Å². The van der Waals surface area contributed by atoms with E-state index in [0.717, 1.165) is 6.54 Å². The lowest BCUT2D eigenvalue weighted by molar-refractivity contribution is 0.774. The summed E-state index contributed by atoms with van der Waals surface area (Å²) in [6.45, 7) is 7.60. The molecule has 0 aliphatic carbocycles. The van der Waals surface area contributed by atoms with Gasteiger partial charge in [0, 0.05) is 6.54 Å². The zero-order chi connectivity index (χ0) is 9.84. The van der Waals surface area contributed by atoms with Gasteiger partial charge in [0.05, 0.1) is 0 Å². The van der Waals surface area contributed by atoms with Crippen molar-refractivity contribution in [2.24, 2.45) is 0 Å². The van der Waals surface area contributed by atoms with E-state index in [1.807, 2.05) is 7.05 Å². The SMILES string of the molecule is CNCc1ccc(C)cc1C(C)C. The van der Waals surface area contributed by atoms with E-state index in [4.69, 9.17) is 0 Å². The molecule has 0 unspecified atom stereocenters. The van der Waals surface area contributed by atoms with Gasteiger partial charge in [-0.3, -0.25) is 0 Å². The molecule has 72 valence electrons. The molecule has 0 aromatic heterocycles. The van der Waals surface area contributed by atoms with Crippen molar-refractivity contribution in [2.75, 3.05) is 7.05 Å². The van der Waals surface area contributed by atoms with Gasteiger partial charge in [0.2, 0.25) is 0 Å². The van der Waals surface area contributed by atoms with Crippen molar-refractivity contribution < 1.29 is 0 Å². The topological polar surface area (TPSA) is 12.0 Å².